The largest absolute Gasteiger partial charge is 0.322 e. The molecule has 3 aromatic rings. The summed E-state index contributed by atoms with van der Waals surface area (Å²) in [4.78, 5) is 9.16. The van der Waals surface area contributed by atoms with E-state index in [1.54, 1.807) is 6.07 Å². The van der Waals surface area contributed by atoms with E-state index in [2.05, 4.69) is 25.5 Å². The smallest absolute Gasteiger partial charge is 0.247 e. The van der Waals surface area contributed by atoms with E-state index < -0.39 is 10.0 Å². The van der Waals surface area contributed by atoms with E-state index >= 15 is 0 Å². The molecule has 3 aromatic heterocycles. The number of anilines is 2. The number of halogens is 1. The first-order valence-electron chi connectivity index (χ1n) is 8.38. The summed E-state index contributed by atoms with van der Waals surface area (Å²) in [6.07, 6.45) is 6.30. The highest BCUT2D eigenvalue weighted by atomic mass is 35.5. The highest BCUT2D eigenvalue weighted by Crippen LogP contribution is 2.35. The summed E-state index contributed by atoms with van der Waals surface area (Å²) in [6.45, 7) is 0. The van der Waals surface area contributed by atoms with Crippen LogP contribution in [0.4, 0.5) is 11.6 Å². The van der Waals surface area contributed by atoms with E-state index in [-0.39, 0.29) is 4.21 Å². The first kappa shape index (κ1) is 18.4. The molecule has 0 aromatic carbocycles. The van der Waals surface area contributed by atoms with Gasteiger partial charge in [0, 0.05) is 17.7 Å². The molecule has 1 aliphatic carbocycles. The number of nitrogens with two attached hydrogens (primary N) is 1. The van der Waals surface area contributed by atoms with Gasteiger partial charge in [0.15, 0.2) is 17.5 Å². The van der Waals surface area contributed by atoms with Gasteiger partial charge in [-0.1, -0.05) is 24.4 Å². The van der Waals surface area contributed by atoms with Gasteiger partial charge in [-0.3, -0.25) is 5.10 Å². The second-order valence-corrected chi connectivity index (χ2v) is 9.65. The molecule has 0 radical (unpaired) electrons. The molecule has 0 saturated heterocycles. The van der Waals surface area contributed by atoms with Crippen molar-refractivity contribution >= 4 is 44.6 Å². The normalized spacial score (nSPS) is 15.3. The minimum atomic E-state index is -3.76. The zero-order valence-electron chi connectivity index (χ0n) is 14.1. The summed E-state index contributed by atoms with van der Waals surface area (Å²) >= 11 is 7.21. The molecule has 142 valence electrons. The van der Waals surface area contributed by atoms with Crippen molar-refractivity contribution in [2.45, 2.75) is 35.8 Å². The molecule has 0 amide bonds. The van der Waals surface area contributed by atoms with Gasteiger partial charge in [-0.25, -0.2) is 23.5 Å². The molecule has 11 heteroatoms. The molecule has 27 heavy (non-hydrogen) atoms. The molecule has 0 unspecified atom stereocenters. The Balaban J connectivity index is 1.58. The third-order valence-electron chi connectivity index (χ3n) is 4.47. The van der Waals surface area contributed by atoms with E-state index in [1.165, 1.54) is 37.9 Å². The van der Waals surface area contributed by atoms with Gasteiger partial charge in [0.05, 0.1) is 11.1 Å². The number of hydrogen-bond acceptors (Lipinski definition) is 7. The van der Waals surface area contributed by atoms with Gasteiger partial charge >= 0.3 is 0 Å². The third kappa shape index (κ3) is 3.98. The SMILES string of the molecule is NS(=O)(=O)c1ccc(-c2ncc(Cl)c(Nc3cc(C4CCCC4)[nH]n3)n2)s1. The van der Waals surface area contributed by atoms with Crippen molar-refractivity contribution in [1.29, 1.82) is 0 Å². The summed E-state index contributed by atoms with van der Waals surface area (Å²) in [5, 5.41) is 16.0. The molecule has 8 nitrogen and oxygen atoms in total. The predicted octanol–water partition coefficient (Wildman–Crippen LogP) is 3.63. The van der Waals surface area contributed by atoms with Crippen molar-refractivity contribution in [3.05, 3.63) is 35.1 Å². The molecule has 0 spiro atoms. The number of aromatic nitrogens is 4. The average molecular weight is 425 g/mol. The van der Waals surface area contributed by atoms with Crippen LogP contribution in [0, 0.1) is 0 Å². The zero-order valence-corrected chi connectivity index (χ0v) is 16.5. The Bertz CT molecular complexity index is 1070. The van der Waals surface area contributed by atoms with E-state index in [0.29, 0.717) is 33.3 Å². The van der Waals surface area contributed by atoms with Gasteiger partial charge in [-0.2, -0.15) is 5.10 Å². The Kier molecular flexibility index (Phi) is 4.89. The second-order valence-electron chi connectivity index (χ2n) is 6.37. The summed E-state index contributed by atoms with van der Waals surface area (Å²) in [6, 6.07) is 5.02. The lowest BCUT2D eigenvalue weighted by atomic mass is 10.0. The average Bonchev–Trinajstić information content (AvgIpc) is 3.37. The molecular formula is C16H17ClN6O2S2. The topological polar surface area (TPSA) is 127 Å². The van der Waals surface area contributed by atoms with Crippen LogP contribution in [0.1, 0.15) is 37.3 Å². The first-order chi connectivity index (χ1) is 12.9. The molecule has 4 N–H and O–H groups in total. The Hall–Kier alpha value is -2.01. The van der Waals surface area contributed by atoms with E-state index in [0.717, 1.165) is 17.0 Å². The molecular weight excluding hydrogens is 408 g/mol. The number of aromatic amines is 1. The molecule has 3 heterocycles. The van der Waals surface area contributed by atoms with Crippen molar-refractivity contribution in [1.82, 2.24) is 20.2 Å². The number of primary sulfonamides is 1. The Morgan fingerprint density at radius 2 is 2.07 bits per heavy atom. The molecule has 1 aliphatic rings. The standard InChI is InChI=1S/C16H17ClN6O2S2/c17-10-8-19-16(12-5-6-14(26-12)27(18,24)25)21-15(10)20-13-7-11(22-23-13)9-3-1-2-4-9/h5-9H,1-4H2,(H2,18,24,25)(H2,19,20,21,22,23). The molecule has 1 saturated carbocycles. The summed E-state index contributed by atoms with van der Waals surface area (Å²) < 4.78 is 23.0. The van der Waals surface area contributed by atoms with Gasteiger partial charge in [-0.05, 0) is 25.0 Å². The minimum absolute atomic E-state index is 0.0547. The summed E-state index contributed by atoms with van der Waals surface area (Å²) in [5.41, 5.74) is 1.11. The van der Waals surface area contributed by atoms with Gasteiger partial charge in [-0.15, -0.1) is 11.3 Å². The first-order valence-corrected chi connectivity index (χ1v) is 11.1. The van der Waals surface area contributed by atoms with E-state index in [9.17, 15) is 8.42 Å². The third-order valence-corrected chi connectivity index (χ3v) is 7.26. The molecule has 0 bridgehead atoms. The Morgan fingerprint density at radius 1 is 1.30 bits per heavy atom. The van der Waals surface area contributed by atoms with E-state index in [4.69, 9.17) is 16.7 Å². The predicted molar refractivity (Wildman–Crippen MR) is 105 cm³/mol. The number of sulfonamides is 1. The number of H-pyrrole nitrogens is 1. The molecule has 1 fully saturated rings. The quantitative estimate of drug-likeness (QED) is 0.573. The summed E-state index contributed by atoms with van der Waals surface area (Å²) in [5.74, 6) is 1.90. The van der Waals surface area contributed by atoms with Crippen molar-refractivity contribution in [2.75, 3.05) is 5.32 Å². The number of hydrogen-bond donors (Lipinski definition) is 3. The van der Waals surface area contributed by atoms with E-state index in [1.807, 2.05) is 6.07 Å². The fourth-order valence-corrected chi connectivity index (χ4v) is 4.94. The van der Waals surface area contributed by atoms with Gasteiger partial charge in [0.1, 0.15) is 9.23 Å². The van der Waals surface area contributed by atoms with Crippen LogP contribution < -0.4 is 10.5 Å². The minimum Gasteiger partial charge on any atom is -0.322 e. The lowest BCUT2D eigenvalue weighted by Crippen LogP contribution is -2.09. The molecule has 0 atom stereocenters. The van der Waals surface area contributed by atoms with Gasteiger partial charge < -0.3 is 5.32 Å². The fourth-order valence-electron chi connectivity index (χ4n) is 3.13. The van der Waals surface area contributed by atoms with Crippen LogP contribution in [0.2, 0.25) is 5.02 Å². The Labute approximate surface area is 165 Å². The van der Waals surface area contributed by atoms with Crippen LogP contribution >= 0.6 is 22.9 Å². The molecule has 4 rings (SSSR count). The molecule has 0 aliphatic heterocycles. The maximum atomic E-state index is 11.5. The number of nitrogens with zero attached hydrogens (tertiary/aromatic N) is 3. The lowest BCUT2D eigenvalue weighted by molar-refractivity contribution is 0.600. The van der Waals surface area contributed by atoms with Crippen LogP contribution in [0.3, 0.4) is 0 Å². The van der Waals surface area contributed by atoms with Crippen molar-refractivity contribution in [2.24, 2.45) is 5.14 Å². The van der Waals surface area contributed by atoms with Crippen molar-refractivity contribution < 1.29 is 8.42 Å². The van der Waals surface area contributed by atoms with Crippen LogP contribution in [-0.4, -0.2) is 28.6 Å². The number of nitrogens with one attached hydrogen (secondary N) is 2. The van der Waals surface area contributed by atoms with Gasteiger partial charge in [0.25, 0.3) is 0 Å². The van der Waals surface area contributed by atoms with Crippen LogP contribution in [0.15, 0.2) is 28.6 Å². The number of rotatable bonds is 5. The summed E-state index contributed by atoms with van der Waals surface area (Å²) in [7, 11) is -3.76. The lowest BCUT2D eigenvalue weighted by Gasteiger charge is -2.06. The maximum absolute atomic E-state index is 11.5. The fraction of sp³-hybridized carbons (Fsp3) is 0.312. The monoisotopic (exact) mass is 424 g/mol. The number of thiophene rings is 1. The van der Waals surface area contributed by atoms with Gasteiger partial charge in [0.2, 0.25) is 10.0 Å². The highest BCUT2D eigenvalue weighted by Gasteiger charge is 2.20. The van der Waals surface area contributed by atoms with Crippen LogP contribution in [-0.2, 0) is 10.0 Å². The Morgan fingerprint density at radius 3 is 2.78 bits per heavy atom. The van der Waals surface area contributed by atoms with Crippen molar-refractivity contribution in [3.63, 3.8) is 0 Å². The maximum Gasteiger partial charge on any atom is 0.247 e. The second kappa shape index (κ2) is 7.19. The van der Waals surface area contributed by atoms with Crippen LogP contribution in [0.5, 0.6) is 0 Å². The van der Waals surface area contributed by atoms with Crippen molar-refractivity contribution in [3.8, 4) is 10.7 Å². The highest BCUT2D eigenvalue weighted by molar-refractivity contribution is 7.91. The zero-order chi connectivity index (χ0) is 19.0. The van der Waals surface area contributed by atoms with Crippen LogP contribution in [0.25, 0.3) is 10.7 Å².